The normalized spacial score (nSPS) is 27.1. The topological polar surface area (TPSA) is 98.7 Å². The molecule has 14 heavy (non-hydrogen) atoms. The van der Waals surface area contributed by atoms with Gasteiger partial charge in [-0.1, -0.05) is 0 Å². The highest BCUT2D eigenvalue weighted by molar-refractivity contribution is 5.68. The third-order valence-electron chi connectivity index (χ3n) is 2.09. The summed E-state index contributed by atoms with van der Waals surface area (Å²) in [7, 11) is 0. The Morgan fingerprint density at radius 2 is 1.50 bits per heavy atom. The van der Waals surface area contributed by atoms with Gasteiger partial charge in [-0.15, -0.1) is 0 Å². The Hall–Kier alpha value is -1.14. The molecule has 1 heterocycles. The first kappa shape index (κ1) is 10.9. The van der Waals surface area contributed by atoms with E-state index in [1.54, 1.807) is 0 Å². The summed E-state index contributed by atoms with van der Waals surface area (Å²) in [5.41, 5.74) is 0. The van der Waals surface area contributed by atoms with Gasteiger partial charge in [-0.3, -0.25) is 9.59 Å². The molecular formula is C8H14N2O4. The Bertz CT molecular complexity index is 209. The van der Waals surface area contributed by atoms with Crippen molar-refractivity contribution >= 4 is 11.9 Å². The molecule has 0 aromatic rings. The highest BCUT2D eigenvalue weighted by Gasteiger charge is 2.23. The van der Waals surface area contributed by atoms with Crippen LogP contribution < -0.4 is 10.6 Å². The maximum Gasteiger partial charge on any atom is 0.304 e. The van der Waals surface area contributed by atoms with Crippen LogP contribution >= 0.6 is 0 Å². The summed E-state index contributed by atoms with van der Waals surface area (Å²) >= 11 is 0. The second-order valence-corrected chi connectivity index (χ2v) is 3.41. The minimum atomic E-state index is -0.875. The summed E-state index contributed by atoms with van der Waals surface area (Å²) in [6, 6.07) is -0.351. The molecule has 0 aromatic carbocycles. The molecule has 0 bridgehead atoms. The minimum Gasteiger partial charge on any atom is -0.481 e. The van der Waals surface area contributed by atoms with Gasteiger partial charge in [0.1, 0.15) is 0 Å². The Kier molecular flexibility index (Phi) is 3.84. The third-order valence-corrected chi connectivity index (χ3v) is 2.09. The molecule has 0 spiro atoms. The number of rotatable bonds is 4. The molecule has 0 amide bonds. The number of nitrogens with one attached hydrogen (secondary N) is 2. The van der Waals surface area contributed by atoms with Crippen molar-refractivity contribution in [3.63, 3.8) is 0 Å². The summed E-state index contributed by atoms with van der Waals surface area (Å²) in [6.45, 7) is 1.14. The van der Waals surface area contributed by atoms with Crippen molar-refractivity contribution in [2.24, 2.45) is 0 Å². The van der Waals surface area contributed by atoms with Crippen LogP contribution in [0.3, 0.4) is 0 Å². The second kappa shape index (κ2) is 4.92. The van der Waals surface area contributed by atoms with Gasteiger partial charge in [-0.05, 0) is 0 Å². The van der Waals surface area contributed by atoms with E-state index in [1.165, 1.54) is 0 Å². The number of piperazine rings is 1. The van der Waals surface area contributed by atoms with E-state index in [9.17, 15) is 9.59 Å². The summed E-state index contributed by atoms with van der Waals surface area (Å²) in [6.07, 6.45) is 0.0340. The molecular weight excluding hydrogens is 188 g/mol. The third kappa shape index (κ3) is 3.71. The van der Waals surface area contributed by atoms with E-state index in [0.717, 1.165) is 0 Å². The Morgan fingerprint density at radius 3 is 1.86 bits per heavy atom. The van der Waals surface area contributed by atoms with Crippen LogP contribution in [0.1, 0.15) is 12.8 Å². The maximum atomic E-state index is 10.4. The van der Waals surface area contributed by atoms with E-state index >= 15 is 0 Å². The predicted molar refractivity (Wildman–Crippen MR) is 48.1 cm³/mol. The van der Waals surface area contributed by atoms with Crippen LogP contribution in [-0.4, -0.2) is 47.3 Å². The first-order valence-electron chi connectivity index (χ1n) is 4.48. The fraction of sp³-hybridized carbons (Fsp3) is 0.750. The van der Waals surface area contributed by atoms with Gasteiger partial charge in [0.05, 0.1) is 12.8 Å². The fourth-order valence-electron chi connectivity index (χ4n) is 1.57. The molecule has 6 nitrogen and oxygen atoms in total. The van der Waals surface area contributed by atoms with E-state index < -0.39 is 11.9 Å². The van der Waals surface area contributed by atoms with Crippen molar-refractivity contribution in [3.05, 3.63) is 0 Å². The van der Waals surface area contributed by atoms with Crippen LogP contribution in [0.15, 0.2) is 0 Å². The van der Waals surface area contributed by atoms with E-state index in [-0.39, 0.29) is 24.9 Å². The Morgan fingerprint density at radius 1 is 1.07 bits per heavy atom. The van der Waals surface area contributed by atoms with Crippen molar-refractivity contribution < 1.29 is 19.8 Å². The van der Waals surface area contributed by atoms with Gasteiger partial charge in [0.25, 0.3) is 0 Å². The molecule has 2 unspecified atom stereocenters. The molecule has 1 aliphatic heterocycles. The zero-order valence-electron chi connectivity index (χ0n) is 7.69. The van der Waals surface area contributed by atoms with Gasteiger partial charge in [0.15, 0.2) is 0 Å². The molecule has 0 radical (unpaired) electrons. The molecule has 0 aliphatic carbocycles. The smallest absolute Gasteiger partial charge is 0.304 e. The Balaban J connectivity index is 2.35. The number of carboxylic acid groups (broad SMARTS) is 2. The average molecular weight is 202 g/mol. The van der Waals surface area contributed by atoms with Gasteiger partial charge >= 0.3 is 11.9 Å². The molecule has 1 aliphatic rings. The molecule has 1 fully saturated rings. The molecule has 1 rings (SSSR count). The molecule has 80 valence electrons. The van der Waals surface area contributed by atoms with Crippen molar-refractivity contribution in [2.45, 2.75) is 24.9 Å². The van der Waals surface area contributed by atoms with Crippen molar-refractivity contribution in [2.75, 3.05) is 13.1 Å². The van der Waals surface area contributed by atoms with Crippen LogP contribution in [-0.2, 0) is 9.59 Å². The number of carbonyl (C=O) groups is 2. The number of hydrogen-bond acceptors (Lipinski definition) is 4. The first-order valence-corrected chi connectivity index (χ1v) is 4.48. The molecule has 4 N–H and O–H groups in total. The largest absolute Gasteiger partial charge is 0.481 e. The van der Waals surface area contributed by atoms with Gasteiger partial charge in [0.2, 0.25) is 0 Å². The second-order valence-electron chi connectivity index (χ2n) is 3.41. The van der Waals surface area contributed by atoms with Crippen LogP contribution in [0.2, 0.25) is 0 Å². The van der Waals surface area contributed by atoms with Crippen molar-refractivity contribution in [3.8, 4) is 0 Å². The number of aliphatic carboxylic acids is 2. The molecule has 6 heteroatoms. The summed E-state index contributed by atoms with van der Waals surface area (Å²) < 4.78 is 0. The van der Waals surface area contributed by atoms with Crippen molar-refractivity contribution in [1.29, 1.82) is 0 Å². The first-order chi connectivity index (χ1) is 6.58. The van der Waals surface area contributed by atoms with Gasteiger partial charge in [-0.25, -0.2) is 0 Å². The Labute approximate surface area is 81.3 Å². The number of carboxylic acids is 2. The quantitative estimate of drug-likeness (QED) is 0.460. The molecule has 0 saturated carbocycles. The fourth-order valence-corrected chi connectivity index (χ4v) is 1.57. The monoisotopic (exact) mass is 202 g/mol. The SMILES string of the molecule is O=C(O)CC1CNCC(CC(=O)O)N1. The summed E-state index contributed by atoms with van der Waals surface area (Å²) in [5, 5.41) is 23.1. The molecule has 1 saturated heterocycles. The van der Waals surface area contributed by atoms with Gasteiger partial charge in [0, 0.05) is 25.2 Å². The van der Waals surface area contributed by atoms with E-state index in [2.05, 4.69) is 10.6 Å². The average Bonchev–Trinajstić information content (AvgIpc) is 2.01. The van der Waals surface area contributed by atoms with Gasteiger partial charge in [-0.2, -0.15) is 0 Å². The minimum absolute atomic E-state index is 0.0170. The lowest BCUT2D eigenvalue weighted by Gasteiger charge is -2.30. The maximum absolute atomic E-state index is 10.4. The highest BCUT2D eigenvalue weighted by atomic mass is 16.4. The summed E-state index contributed by atoms with van der Waals surface area (Å²) in [5.74, 6) is -1.75. The van der Waals surface area contributed by atoms with Gasteiger partial charge < -0.3 is 20.8 Å². The van der Waals surface area contributed by atoms with Crippen molar-refractivity contribution in [1.82, 2.24) is 10.6 Å². The molecule has 0 aromatic heterocycles. The standard InChI is InChI=1S/C8H14N2O4/c11-7(12)1-5-3-9-4-6(10-5)2-8(13)14/h5-6,9-10H,1-4H2,(H,11,12)(H,13,14). The van der Waals surface area contributed by atoms with Crippen LogP contribution in [0.4, 0.5) is 0 Å². The molecule has 2 atom stereocenters. The van der Waals surface area contributed by atoms with E-state index in [4.69, 9.17) is 10.2 Å². The highest BCUT2D eigenvalue weighted by Crippen LogP contribution is 2.02. The van der Waals surface area contributed by atoms with Crippen LogP contribution in [0.5, 0.6) is 0 Å². The van der Waals surface area contributed by atoms with Crippen LogP contribution in [0, 0.1) is 0 Å². The lowest BCUT2D eigenvalue weighted by Crippen LogP contribution is -2.55. The lowest BCUT2D eigenvalue weighted by atomic mass is 10.1. The predicted octanol–water partition coefficient (Wildman–Crippen LogP) is -1.13. The lowest BCUT2D eigenvalue weighted by molar-refractivity contribution is -0.137. The van der Waals surface area contributed by atoms with E-state index in [0.29, 0.717) is 13.1 Å². The number of hydrogen-bond donors (Lipinski definition) is 4. The zero-order chi connectivity index (χ0) is 10.6. The summed E-state index contributed by atoms with van der Waals surface area (Å²) in [4.78, 5) is 20.8. The zero-order valence-corrected chi connectivity index (χ0v) is 7.69. The van der Waals surface area contributed by atoms with E-state index in [1.807, 2.05) is 0 Å². The van der Waals surface area contributed by atoms with Crippen LogP contribution in [0.25, 0.3) is 0 Å².